The van der Waals surface area contributed by atoms with Gasteiger partial charge in [0.25, 0.3) is 0 Å². The summed E-state index contributed by atoms with van der Waals surface area (Å²) in [7, 11) is 0. The number of hydrogen-bond acceptors (Lipinski definition) is 5. The first kappa shape index (κ1) is 20.3. The maximum absolute atomic E-state index is 11.7. The number of thioether (sulfide) groups is 1. The second-order valence-corrected chi connectivity index (χ2v) is 6.62. The molecule has 0 bridgehead atoms. The molecule has 0 aliphatic rings. The number of nitrogens with one attached hydrogen (secondary N) is 1. The maximum atomic E-state index is 11.7. The van der Waals surface area contributed by atoms with Crippen molar-refractivity contribution in [2.75, 3.05) is 16.7 Å². The molecule has 0 aliphatic carbocycles. The zero-order valence-corrected chi connectivity index (χ0v) is 15.9. The van der Waals surface area contributed by atoms with Crippen molar-refractivity contribution in [1.29, 1.82) is 0 Å². The van der Waals surface area contributed by atoms with Gasteiger partial charge in [-0.2, -0.15) is 11.8 Å². The van der Waals surface area contributed by atoms with E-state index in [9.17, 15) is 4.79 Å². The third-order valence-corrected chi connectivity index (χ3v) is 4.50. The molecule has 0 aromatic heterocycles. The van der Waals surface area contributed by atoms with Gasteiger partial charge >= 0.3 is 0 Å². The topological polar surface area (TPSA) is 46.2 Å². The van der Waals surface area contributed by atoms with Crippen molar-refractivity contribution in [3.8, 4) is 0 Å². The van der Waals surface area contributed by atoms with E-state index in [0.717, 1.165) is 24.0 Å². The van der Waals surface area contributed by atoms with Crippen LogP contribution in [0.2, 0.25) is 0 Å². The summed E-state index contributed by atoms with van der Waals surface area (Å²) in [6.07, 6.45) is 3.75. The van der Waals surface area contributed by atoms with E-state index in [-0.39, 0.29) is 5.78 Å². The normalized spacial score (nSPS) is 9.62. The van der Waals surface area contributed by atoms with Crippen LogP contribution in [-0.4, -0.2) is 24.1 Å². The van der Waals surface area contributed by atoms with Gasteiger partial charge in [0.15, 0.2) is 5.78 Å². The molecule has 0 unspecified atom stereocenters. The average molecular weight is 362 g/mol. The molecule has 2 aromatic carbocycles. The molecule has 0 heterocycles. The first-order chi connectivity index (χ1) is 11.6. The van der Waals surface area contributed by atoms with Gasteiger partial charge in [0.05, 0.1) is 5.75 Å². The minimum atomic E-state index is 0.178. The fourth-order valence-corrected chi connectivity index (χ4v) is 2.92. The van der Waals surface area contributed by atoms with Gasteiger partial charge in [-0.25, -0.2) is 0 Å². The van der Waals surface area contributed by atoms with Gasteiger partial charge in [0, 0.05) is 16.1 Å². The van der Waals surface area contributed by atoms with Crippen LogP contribution in [0.5, 0.6) is 0 Å². The van der Waals surface area contributed by atoms with Gasteiger partial charge in [-0.15, -0.1) is 0 Å². The molecule has 128 valence electrons. The number of anilines is 1. The molecule has 0 amide bonds. The van der Waals surface area contributed by atoms with E-state index in [1.807, 2.05) is 30.5 Å². The number of carbonyl (C=O) groups is 2. The molecular weight excluding hydrogens is 338 g/mol. The number of Topliss-reactive ketones (excluding diaryl/α,β-unsaturated/α-hetero) is 1. The number of hydrogen-bond donors (Lipinski definition) is 1. The second kappa shape index (κ2) is 11.8. The summed E-state index contributed by atoms with van der Waals surface area (Å²) in [5.41, 5.74) is 3.11. The van der Waals surface area contributed by atoms with Crippen molar-refractivity contribution in [3.05, 3.63) is 59.7 Å². The van der Waals surface area contributed by atoms with Crippen molar-refractivity contribution in [3.63, 3.8) is 0 Å². The first-order valence-corrected chi connectivity index (χ1v) is 9.89. The summed E-state index contributed by atoms with van der Waals surface area (Å²) in [5.74, 6) is 0.711. The molecule has 1 N–H and O–H groups in total. The predicted molar refractivity (Wildman–Crippen MR) is 106 cm³/mol. The molecule has 0 atom stereocenters. The van der Waals surface area contributed by atoms with E-state index in [1.54, 1.807) is 23.7 Å². The zero-order chi connectivity index (χ0) is 17.8. The maximum Gasteiger partial charge on any atom is 0.172 e. The fraction of sp³-hybridized carbons (Fsp3) is 0.263. The lowest BCUT2D eigenvalue weighted by Gasteiger charge is -2.07. The fourth-order valence-electron chi connectivity index (χ4n) is 1.85. The van der Waals surface area contributed by atoms with Crippen LogP contribution in [0.25, 0.3) is 0 Å². The van der Waals surface area contributed by atoms with Crippen LogP contribution in [0.1, 0.15) is 29.8 Å². The highest BCUT2D eigenvalue weighted by molar-refractivity contribution is 8.00. The quantitative estimate of drug-likeness (QED) is 0.421. The summed E-state index contributed by atoms with van der Waals surface area (Å²) >= 11 is 3.13. The summed E-state index contributed by atoms with van der Waals surface area (Å²) in [6.45, 7) is 3.60. The number of aryl methyl sites for hydroxylation is 1. The second-order valence-electron chi connectivity index (χ2n) is 4.87. The minimum absolute atomic E-state index is 0.178. The summed E-state index contributed by atoms with van der Waals surface area (Å²) in [4.78, 5) is 21.7. The lowest BCUT2D eigenvalue weighted by Crippen LogP contribution is -2.01. The van der Waals surface area contributed by atoms with Gasteiger partial charge in [-0.05, 0) is 73.5 Å². The first-order valence-electron chi connectivity index (χ1n) is 7.68. The third kappa shape index (κ3) is 7.23. The summed E-state index contributed by atoms with van der Waals surface area (Å²) < 4.78 is 3.30. The Morgan fingerprint density at radius 1 is 1.08 bits per heavy atom. The number of ketones is 1. The van der Waals surface area contributed by atoms with Crippen LogP contribution in [0, 0.1) is 0 Å². The molecule has 5 heteroatoms. The van der Waals surface area contributed by atoms with Crippen molar-refractivity contribution < 1.29 is 9.59 Å². The SMILES string of the molecule is CC=O.CCc1ccc(SNc2ccc(C(=O)CSC)cc2)cc1. The molecule has 0 spiro atoms. The number of benzene rings is 2. The highest BCUT2D eigenvalue weighted by atomic mass is 32.2. The van der Waals surface area contributed by atoms with Crippen molar-refractivity contribution >= 4 is 41.5 Å². The Bertz CT molecular complexity index is 625. The third-order valence-electron chi connectivity index (χ3n) is 3.10. The largest absolute Gasteiger partial charge is 0.326 e. The molecule has 3 nitrogen and oxygen atoms in total. The van der Waals surface area contributed by atoms with E-state index in [1.165, 1.54) is 17.4 Å². The summed E-state index contributed by atoms with van der Waals surface area (Å²) in [5, 5.41) is 0. The molecule has 0 radical (unpaired) electrons. The Balaban J connectivity index is 0.000000891. The van der Waals surface area contributed by atoms with Crippen LogP contribution in [0.4, 0.5) is 5.69 Å². The van der Waals surface area contributed by atoms with Crippen molar-refractivity contribution in [1.82, 2.24) is 0 Å². The van der Waals surface area contributed by atoms with E-state index < -0.39 is 0 Å². The zero-order valence-electron chi connectivity index (χ0n) is 14.2. The Hall–Kier alpha value is -1.72. The Kier molecular flexibility index (Phi) is 9.96. The minimum Gasteiger partial charge on any atom is -0.326 e. The molecule has 2 rings (SSSR count). The predicted octanol–water partition coefficient (Wildman–Crippen LogP) is 5.12. The van der Waals surface area contributed by atoms with Crippen LogP contribution < -0.4 is 4.72 Å². The standard InChI is InChI=1S/C17H19NOS2.C2H4O/c1-3-13-4-10-16(11-5-13)21-18-15-8-6-14(7-9-15)17(19)12-20-2;1-2-3/h4-11,18H,3,12H2,1-2H3;2H,1H3. The molecular formula is C19H23NO2S2. The number of rotatable bonds is 7. The van der Waals surface area contributed by atoms with Crippen molar-refractivity contribution in [2.45, 2.75) is 25.2 Å². The van der Waals surface area contributed by atoms with Crippen molar-refractivity contribution in [2.24, 2.45) is 0 Å². The number of carbonyl (C=O) groups excluding carboxylic acids is 2. The molecule has 0 saturated carbocycles. The average Bonchev–Trinajstić information content (AvgIpc) is 2.62. The van der Waals surface area contributed by atoms with Gasteiger partial charge in [0.1, 0.15) is 6.29 Å². The molecule has 0 aliphatic heterocycles. The van der Waals surface area contributed by atoms with Gasteiger partial charge in [0.2, 0.25) is 0 Å². The van der Waals surface area contributed by atoms with Crippen LogP contribution >= 0.6 is 23.7 Å². The van der Waals surface area contributed by atoms with E-state index in [4.69, 9.17) is 4.79 Å². The van der Waals surface area contributed by atoms with Gasteiger partial charge in [-0.1, -0.05) is 19.1 Å². The lowest BCUT2D eigenvalue weighted by molar-refractivity contribution is -0.106. The smallest absolute Gasteiger partial charge is 0.172 e. The molecule has 0 fully saturated rings. The molecule has 24 heavy (non-hydrogen) atoms. The van der Waals surface area contributed by atoms with E-state index >= 15 is 0 Å². The van der Waals surface area contributed by atoms with Gasteiger partial charge < -0.3 is 9.52 Å². The Morgan fingerprint density at radius 2 is 1.67 bits per heavy atom. The monoisotopic (exact) mass is 361 g/mol. The number of aldehydes is 1. The highest BCUT2D eigenvalue weighted by Gasteiger charge is 2.04. The Morgan fingerprint density at radius 3 is 2.17 bits per heavy atom. The summed E-state index contributed by atoms with van der Waals surface area (Å²) in [6, 6.07) is 16.2. The molecule has 0 saturated heterocycles. The van der Waals surface area contributed by atoms with Crippen LogP contribution in [0.3, 0.4) is 0 Å². The molecule has 2 aromatic rings. The van der Waals surface area contributed by atoms with Crippen LogP contribution in [0.15, 0.2) is 53.4 Å². The Labute approximate surface area is 152 Å². The van der Waals surface area contributed by atoms with Crippen LogP contribution in [-0.2, 0) is 11.2 Å². The van der Waals surface area contributed by atoms with E-state index in [0.29, 0.717) is 5.75 Å². The lowest BCUT2D eigenvalue weighted by atomic mass is 10.1. The van der Waals surface area contributed by atoms with Gasteiger partial charge in [-0.3, -0.25) is 4.79 Å². The van der Waals surface area contributed by atoms with E-state index in [2.05, 4.69) is 35.9 Å². The highest BCUT2D eigenvalue weighted by Crippen LogP contribution is 2.22.